The Labute approximate surface area is 175 Å². The van der Waals surface area contributed by atoms with Crippen LogP contribution in [0, 0.1) is 5.92 Å². The van der Waals surface area contributed by atoms with Crippen molar-refractivity contribution in [2.24, 2.45) is 5.92 Å². The fourth-order valence-corrected chi connectivity index (χ4v) is 2.84. The molecular weight excluding hydrogens is 332 g/mol. The van der Waals surface area contributed by atoms with E-state index >= 15 is 0 Å². The molecule has 0 aromatic heterocycles. The molecule has 142 valence electrons. The van der Waals surface area contributed by atoms with Crippen LogP contribution < -0.4 is 34.7 Å². The number of carbonyl (C=O) groups excluding carboxylic acids is 2. The van der Waals surface area contributed by atoms with Crippen molar-refractivity contribution in [2.75, 3.05) is 0 Å². The van der Waals surface area contributed by atoms with Crippen LogP contribution in [0.15, 0.2) is 0 Å². The molecule has 0 aliphatic carbocycles. The van der Waals surface area contributed by atoms with Gasteiger partial charge in [-0.05, 0) is 19.8 Å². The SMILES string of the molecule is CCCCCCCCC(CCCCCC)C(=O)N(F)C(C)C(=O)[O-].[Na+]. The number of hydrogen-bond acceptors (Lipinski definition) is 3. The average molecular weight is 367 g/mol. The number of halogens is 1. The summed E-state index contributed by atoms with van der Waals surface area (Å²) in [7, 11) is 0. The number of carboxylic acid groups (broad SMARTS) is 1. The zero-order chi connectivity index (χ0) is 18.4. The molecule has 2 atom stereocenters. The fraction of sp³-hybridized carbons (Fsp3) is 0.895. The van der Waals surface area contributed by atoms with Crippen LogP contribution in [0.3, 0.4) is 0 Å². The number of aliphatic carboxylic acids is 1. The Bertz CT molecular complexity index is 356. The largest absolute Gasteiger partial charge is 1.00 e. The van der Waals surface area contributed by atoms with Gasteiger partial charge >= 0.3 is 29.6 Å². The molecule has 0 aromatic rings. The molecule has 0 bridgehead atoms. The number of carbonyl (C=O) groups is 2. The summed E-state index contributed by atoms with van der Waals surface area (Å²) in [6, 6.07) is -1.53. The minimum atomic E-state index is -1.56. The van der Waals surface area contributed by atoms with Crippen LogP contribution in [0.1, 0.15) is 97.8 Å². The zero-order valence-electron chi connectivity index (χ0n) is 16.7. The molecule has 0 radical (unpaired) electrons. The summed E-state index contributed by atoms with van der Waals surface area (Å²) in [5.41, 5.74) is 0. The summed E-state index contributed by atoms with van der Waals surface area (Å²) in [6.07, 6.45) is 12.1. The molecule has 1 amide bonds. The predicted octanol–water partition coefficient (Wildman–Crippen LogP) is 1.18. The third kappa shape index (κ3) is 12.8. The van der Waals surface area contributed by atoms with Gasteiger partial charge in [-0.15, -0.1) is 0 Å². The average Bonchev–Trinajstić information content (AvgIpc) is 2.57. The summed E-state index contributed by atoms with van der Waals surface area (Å²) in [4.78, 5) is 23.1. The van der Waals surface area contributed by atoms with E-state index in [0.29, 0.717) is 12.8 Å². The van der Waals surface area contributed by atoms with E-state index in [4.69, 9.17) is 0 Å². The van der Waals surface area contributed by atoms with E-state index < -0.39 is 23.8 Å². The van der Waals surface area contributed by atoms with E-state index in [2.05, 4.69) is 13.8 Å². The standard InChI is InChI=1S/C19H36FNO3.Na/c1-4-6-8-10-11-13-15-17(14-12-9-7-5-2)18(22)21(20)16(3)19(23)24;/h16-17H,4-15H2,1-3H3,(H,23,24);/q;+1/p-1. The topological polar surface area (TPSA) is 60.4 Å². The number of nitrogens with zero attached hydrogens (tertiary/aromatic N) is 1. The minimum Gasteiger partial charge on any atom is -0.548 e. The molecule has 0 saturated carbocycles. The summed E-state index contributed by atoms with van der Waals surface area (Å²) >= 11 is 0. The van der Waals surface area contributed by atoms with Gasteiger partial charge in [-0.25, -0.2) is 0 Å². The van der Waals surface area contributed by atoms with E-state index in [1.54, 1.807) is 0 Å². The number of hydrogen-bond donors (Lipinski definition) is 0. The van der Waals surface area contributed by atoms with Gasteiger partial charge in [-0.2, -0.15) is 5.12 Å². The first-order valence-electron chi connectivity index (χ1n) is 9.65. The Hall–Kier alpha value is -0.130. The maximum absolute atomic E-state index is 14.0. The molecule has 0 rings (SSSR count). The van der Waals surface area contributed by atoms with Crippen molar-refractivity contribution in [1.29, 1.82) is 0 Å². The van der Waals surface area contributed by atoms with Gasteiger partial charge in [0.1, 0.15) is 6.04 Å². The molecule has 0 N–H and O–H groups in total. The molecule has 0 fully saturated rings. The van der Waals surface area contributed by atoms with Gasteiger partial charge in [-0.1, -0.05) is 82.5 Å². The molecule has 0 spiro atoms. The fourth-order valence-electron chi connectivity index (χ4n) is 2.84. The molecule has 0 saturated heterocycles. The molecule has 2 unspecified atom stereocenters. The van der Waals surface area contributed by atoms with Crippen LogP contribution in [0.2, 0.25) is 0 Å². The Morgan fingerprint density at radius 1 is 0.880 bits per heavy atom. The second-order valence-corrected chi connectivity index (χ2v) is 6.75. The van der Waals surface area contributed by atoms with Crippen LogP contribution >= 0.6 is 0 Å². The number of amides is 1. The molecule has 0 aliphatic rings. The van der Waals surface area contributed by atoms with E-state index in [1.165, 1.54) is 19.3 Å². The Balaban J connectivity index is 0. The quantitative estimate of drug-likeness (QED) is 0.248. The molecule has 4 nitrogen and oxygen atoms in total. The predicted molar refractivity (Wildman–Crippen MR) is 92.7 cm³/mol. The maximum atomic E-state index is 14.0. The van der Waals surface area contributed by atoms with Crippen molar-refractivity contribution in [3.8, 4) is 0 Å². The van der Waals surface area contributed by atoms with Crippen LogP contribution in [-0.4, -0.2) is 23.0 Å². The minimum absolute atomic E-state index is 0. The third-order valence-electron chi connectivity index (χ3n) is 4.55. The number of carboxylic acids is 1. The Kier molecular flexibility index (Phi) is 18.7. The first-order chi connectivity index (χ1) is 11.5. The van der Waals surface area contributed by atoms with E-state index in [9.17, 15) is 19.2 Å². The maximum Gasteiger partial charge on any atom is 1.00 e. The Morgan fingerprint density at radius 3 is 1.72 bits per heavy atom. The van der Waals surface area contributed by atoms with Crippen LogP contribution in [0.25, 0.3) is 0 Å². The molecule has 0 aromatic carbocycles. The van der Waals surface area contributed by atoms with Gasteiger partial charge in [0.25, 0.3) is 5.91 Å². The van der Waals surface area contributed by atoms with E-state index in [-0.39, 0.29) is 34.7 Å². The molecule has 0 aliphatic heterocycles. The van der Waals surface area contributed by atoms with Crippen LogP contribution in [0.5, 0.6) is 0 Å². The normalized spacial score (nSPS) is 13.0. The Morgan fingerprint density at radius 2 is 1.28 bits per heavy atom. The van der Waals surface area contributed by atoms with Crippen molar-refractivity contribution in [2.45, 2.75) is 104 Å². The van der Waals surface area contributed by atoms with Crippen LogP contribution in [0.4, 0.5) is 4.48 Å². The third-order valence-corrected chi connectivity index (χ3v) is 4.55. The van der Waals surface area contributed by atoms with Crippen molar-refractivity contribution in [3.05, 3.63) is 0 Å². The number of unbranched alkanes of at least 4 members (excludes halogenated alkanes) is 8. The van der Waals surface area contributed by atoms with Crippen molar-refractivity contribution < 1.29 is 48.7 Å². The second-order valence-electron chi connectivity index (χ2n) is 6.75. The van der Waals surface area contributed by atoms with Gasteiger partial charge in [0.2, 0.25) is 0 Å². The summed E-state index contributed by atoms with van der Waals surface area (Å²) < 4.78 is 14.0. The molecular formula is C19H35FNNaO3. The molecule has 25 heavy (non-hydrogen) atoms. The molecule has 6 heteroatoms. The number of rotatable bonds is 15. The summed E-state index contributed by atoms with van der Waals surface area (Å²) in [5.74, 6) is -2.67. The smallest absolute Gasteiger partial charge is 0.548 e. The van der Waals surface area contributed by atoms with E-state index in [0.717, 1.165) is 51.9 Å². The van der Waals surface area contributed by atoms with Crippen molar-refractivity contribution in [1.82, 2.24) is 5.12 Å². The van der Waals surface area contributed by atoms with Gasteiger partial charge in [0.15, 0.2) is 0 Å². The van der Waals surface area contributed by atoms with Gasteiger partial charge in [0.05, 0.1) is 5.97 Å². The molecule has 0 heterocycles. The first-order valence-corrected chi connectivity index (χ1v) is 9.65. The van der Waals surface area contributed by atoms with Gasteiger partial charge < -0.3 is 9.90 Å². The van der Waals surface area contributed by atoms with Crippen molar-refractivity contribution in [3.63, 3.8) is 0 Å². The van der Waals surface area contributed by atoms with Gasteiger partial charge in [0, 0.05) is 5.92 Å². The first kappa shape index (κ1) is 27.1. The van der Waals surface area contributed by atoms with Gasteiger partial charge in [-0.3, -0.25) is 4.79 Å². The monoisotopic (exact) mass is 367 g/mol. The van der Waals surface area contributed by atoms with Crippen LogP contribution in [-0.2, 0) is 9.59 Å². The second kappa shape index (κ2) is 17.3. The summed E-state index contributed by atoms with van der Waals surface area (Å²) in [6.45, 7) is 5.43. The summed E-state index contributed by atoms with van der Waals surface area (Å²) in [5, 5.41) is 10.6. The zero-order valence-corrected chi connectivity index (χ0v) is 18.7. The van der Waals surface area contributed by atoms with E-state index in [1.807, 2.05) is 0 Å². The van der Waals surface area contributed by atoms with Crippen molar-refractivity contribution >= 4 is 11.9 Å².